The van der Waals surface area contributed by atoms with Crippen molar-refractivity contribution in [2.24, 2.45) is 0 Å². The Bertz CT molecular complexity index is 485. The Kier molecular flexibility index (Phi) is 3.71. The average molecular weight is 280 g/mol. The Hall–Kier alpha value is -1.47. The minimum Gasteiger partial charge on any atom is -0.453 e. The smallest absolute Gasteiger partial charge is 0.338 e. The molecule has 0 amide bonds. The number of rotatable bonds is 3. The summed E-state index contributed by atoms with van der Waals surface area (Å²) < 4.78 is 16.2. The van der Waals surface area contributed by atoms with Crippen LogP contribution in [0.5, 0.6) is 0 Å². The molecule has 0 unspecified atom stereocenters. The van der Waals surface area contributed by atoms with Gasteiger partial charge in [0.25, 0.3) is 0 Å². The summed E-state index contributed by atoms with van der Waals surface area (Å²) in [6, 6.07) is 6.54. The van der Waals surface area contributed by atoms with Crippen molar-refractivity contribution in [2.45, 2.75) is 31.0 Å². The maximum Gasteiger partial charge on any atom is 0.338 e. The van der Waals surface area contributed by atoms with E-state index in [9.17, 15) is 9.90 Å². The zero-order valence-electron chi connectivity index (χ0n) is 10.8. The van der Waals surface area contributed by atoms with Crippen molar-refractivity contribution < 1.29 is 29.2 Å². The highest BCUT2D eigenvalue weighted by molar-refractivity contribution is 5.89. The van der Waals surface area contributed by atoms with Crippen LogP contribution in [-0.2, 0) is 20.8 Å². The van der Waals surface area contributed by atoms with E-state index in [0.717, 1.165) is 5.56 Å². The molecule has 1 aromatic carbocycles. The topological polar surface area (TPSA) is 85.2 Å². The molecule has 20 heavy (non-hydrogen) atoms. The van der Waals surface area contributed by atoms with Crippen molar-refractivity contribution in [1.82, 2.24) is 0 Å². The zero-order valence-corrected chi connectivity index (χ0v) is 10.8. The summed E-state index contributed by atoms with van der Waals surface area (Å²) in [4.78, 5) is 12.0. The number of ether oxygens (including phenoxy) is 3. The lowest BCUT2D eigenvalue weighted by atomic mass is 10.1. The van der Waals surface area contributed by atoms with E-state index in [1.807, 2.05) is 0 Å². The molecular formula is C14H16O6. The molecule has 4 atom stereocenters. The zero-order chi connectivity index (χ0) is 14.1. The first-order valence-electron chi connectivity index (χ1n) is 6.51. The van der Waals surface area contributed by atoms with Crippen LogP contribution in [0.4, 0.5) is 0 Å². The lowest BCUT2D eigenvalue weighted by molar-refractivity contribution is -0.0209. The molecule has 0 spiro atoms. The van der Waals surface area contributed by atoms with Gasteiger partial charge in [0.2, 0.25) is 0 Å². The second-order valence-corrected chi connectivity index (χ2v) is 4.96. The van der Waals surface area contributed by atoms with E-state index in [4.69, 9.17) is 19.3 Å². The maximum atomic E-state index is 12.0. The molecule has 2 heterocycles. The van der Waals surface area contributed by atoms with Gasteiger partial charge in [-0.1, -0.05) is 12.1 Å². The molecule has 0 bridgehead atoms. The summed E-state index contributed by atoms with van der Waals surface area (Å²) in [6.45, 7) is 0.364. The minimum atomic E-state index is -0.660. The van der Waals surface area contributed by atoms with E-state index >= 15 is 0 Å². The fourth-order valence-electron chi connectivity index (χ4n) is 2.50. The minimum absolute atomic E-state index is 0.0682. The van der Waals surface area contributed by atoms with E-state index in [-0.39, 0.29) is 19.8 Å². The Balaban J connectivity index is 1.64. The van der Waals surface area contributed by atoms with Crippen molar-refractivity contribution in [1.29, 1.82) is 0 Å². The van der Waals surface area contributed by atoms with Gasteiger partial charge in [0, 0.05) is 0 Å². The van der Waals surface area contributed by atoms with Crippen molar-refractivity contribution in [3.8, 4) is 0 Å². The van der Waals surface area contributed by atoms with Crippen LogP contribution in [0.2, 0.25) is 0 Å². The first kappa shape index (κ1) is 13.5. The molecule has 0 saturated carbocycles. The van der Waals surface area contributed by atoms with Crippen LogP contribution in [-0.4, -0.2) is 53.8 Å². The van der Waals surface area contributed by atoms with Crippen LogP contribution in [0.1, 0.15) is 15.9 Å². The summed E-state index contributed by atoms with van der Waals surface area (Å²) in [6.07, 6.45) is -1.97. The van der Waals surface area contributed by atoms with Crippen LogP contribution in [0.3, 0.4) is 0 Å². The second kappa shape index (κ2) is 5.49. The van der Waals surface area contributed by atoms with Crippen molar-refractivity contribution in [3.05, 3.63) is 35.4 Å². The predicted octanol–water partition coefficient (Wildman–Crippen LogP) is -0.137. The monoisotopic (exact) mass is 280 g/mol. The summed E-state index contributed by atoms with van der Waals surface area (Å²) in [5.41, 5.74) is 1.14. The van der Waals surface area contributed by atoms with Crippen LogP contribution in [0.15, 0.2) is 24.3 Å². The molecule has 6 nitrogen and oxygen atoms in total. The molecule has 1 aromatic rings. The first-order chi connectivity index (χ1) is 9.69. The number of carbonyl (C=O) groups is 1. The van der Waals surface area contributed by atoms with Crippen LogP contribution < -0.4 is 0 Å². The molecule has 2 aliphatic heterocycles. The van der Waals surface area contributed by atoms with Crippen molar-refractivity contribution >= 4 is 5.97 Å². The maximum absolute atomic E-state index is 12.0. The van der Waals surface area contributed by atoms with Crippen LogP contribution in [0, 0.1) is 0 Å². The molecular weight excluding hydrogens is 264 g/mol. The third kappa shape index (κ3) is 2.43. The third-order valence-corrected chi connectivity index (χ3v) is 3.61. The van der Waals surface area contributed by atoms with Gasteiger partial charge in [0.05, 0.1) is 25.4 Å². The van der Waals surface area contributed by atoms with Crippen molar-refractivity contribution in [3.63, 3.8) is 0 Å². The van der Waals surface area contributed by atoms with E-state index in [2.05, 4.69) is 0 Å². The summed E-state index contributed by atoms with van der Waals surface area (Å²) in [7, 11) is 0. The number of esters is 1. The summed E-state index contributed by atoms with van der Waals surface area (Å²) in [5, 5.41) is 18.6. The normalized spacial score (nSPS) is 32.1. The largest absolute Gasteiger partial charge is 0.453 e. The van der Waals surface area contributed by atoms with E-state index in [1.165, 1.54) is 0 Å². The fourth-order valence-corrected chi connectivity index (χ4v) is 2.50. The number of fused-ring (bicyclic) bond motifs is 1. The number of carbonyl (C=O) groups excluding carboxylic acids is 1. The number of hydrogen-bond donors (Lipinski definition) is 2. The quantitative estimate of drug-likeness (QED) is 0.750. The molecule has 0 radical (unpaired) electrons. The molecule has 3 rings (SSSR count). The number of hydrogen-bond acceptors (Lipinski definition) is 6. The Labute approximate surface area is 115 Å². The average Bonchev–Trinajstić information content (AvgIpc) is 3.03. The van der Waals surface area contributed by atoms with Gasteiger partial charge in [-0.15, -0.1) is 0 Å². The van der Waals surface area contributed by atoms with Crippen LogP contribution >= 0.6 is 0 Å². The van der Waals surface area contributed by atoms with Gasteiger partial charge in [0.15, 0.2) is 6.10 Å². The standard InChI is InChI=1S/C14H16O6/c15-5-8-1-3-9(4-2-8)14(17)20-11-7-19-12-10(16)6-18-13(11)12/h1-4,10-13,15-16H,5-7H2/t10-,11-,12-,13-/m1/s1. The molecule has 2 N–H and O–H groups in total. The molecule has 0 aromatic heterocycles. The fraction of sp³-hybridized carbons (Fsp3) is 0.500. The highest BCUT2D eigenvalue weighted by Gasteiger charge is 2.48. The highest BCUT2D eigenvalue weighted by atomic mass is 16.6. The molecule has 2 fully saturated rings. The third-order valence-electron chi connectivity index (χ3n) is 3.61. The van der Waals surface area contributed by atoms with Crippen molar-refractivity contribution in [2.75, 3.05) is 13.2 Å². The van der Waals surface area contributed by atoms with Gasteiger partial charge >= 0.3 is 5.97 Å². The van der Waals surface area contributed by atoms with Gasteiger partial charge < -0.3 is 24.4 Å². The Morgan fingerprint density at radius 1 is 1.20 bits per heavy atom. The second-order valence-electron chi connectivity index (χ2n) is 4.96. The summed E-state index contributed by atoms with van der Waals surface area (Å²) >= 11 is 0. The van der Waals surface area contributed by atoms with Crippen LogP contribution in [0.25, 0.3) is 0 Å². The van der Waals surface area contributed by atoms with Gasteiger partial charge in [-0.25, -0.2) is 4.79 Å². The molecule has 0 aliphatic carbocycles. The predicted molar refractivity (Wildman–Crippen MR) is 67.1 cm³/mol. The Morgan fingerprint density at radius 3 is 2.60 bits per heavy atom. The Morgan fingerprint density at radius 2 is 1.90 bits per heavy atom. The number of aliphatic hydroxyl groups excluding tert-OH is 2. The lowest BCUT2D eigenvalue weighted by Crippen LogP contribution is -2.34. The lowest BCUT2D eigenvalue weighted by Gasteiger charge is -2.16. The summed E-state index contributed by atoms with van der Waals surface area (Å²) in [5.74, 6) is -0.464. The number of aliphatic hydroxyl groups is 2. The SMILES string of the molecule is O=C(O[C@@H]1CO[C@H]2[C@@H]1OC[C@H]2O)c1ccc(CO)cc1. The van der Waals surface area contributed by atoms with E-state index in [1.54, 1.807) is 24.3 Å². The van der Waals surface area contributed by atoms with E-state index < -0.39 is 30.4 Å². The molecule has 2 aliphatic rings. The highest BCUT2D eigenvalue weighted by Crippen LogP contribution is 2.29. The molecule has 2 saturated heterocycles. The molecule has 108 valence electrons. The van der Waals surface area contributed by atoms with Gasteiger partial charge in [-0.05, 0) is 17.7 Å². The molecule has 6 heteroatoms. The number of benzene rings is 1. The van der Waals surface area contributed by atoms with Gasteiger partial charge in [-0.2, -0.15) is 0 Å². The van der Waals surface area contributed by atoms with E-state index in [0.29, 0.717) is 5.56 Å². The van der Waals surface area contributed by atoms with Gasteiger partial charge in [-0.3, -0.25) is 0 Å². The van der Waals surface area contributed by atoms with Gasteiger partial charge in [0.1, 0.15) is 18.3 Å². The first-order valence-corrected chi connectivity index (χ1v) is 6.51.